The van der Waals surface area contributed by atoms with Crippen LogP contribution in [0.5, 0.6) is 0 Å². The van der Waals surface area contributed by atoms with Gasteiger partial charge in [0.2, 0.25) is 5.82 Å². The Morgan fingerprint density at radius 1 is 1.23 bits per heavy atom. The summed E-state index contributed by atoms with van der Waals surface area (Å²) in [5.74, 6) is 0.556. The number of nitrogens with one attached hydrogen (secondary N) is 1. The smallest absolute Gasteiger partial charge is 0.252 e. The van der Waals surface area contributed by atoms with Gasteiger partial charge >= 0.3 is 0 Å². The number of anilines is 1. The number of hydrogen-bond acceptors (Lipinski definition) is 6. The number of carbonyl (C=O) groups excluding carboxylic acids is 1. The molecule has 0 saturated heterocycles. The standard InChI is InChI=1S/C14H13N7O/c1-10(14(22)17-12-9-15-7-8-16-12)21-19-13(18-20-21)11-5-3-2-4-6-11/h2-10H,1H3,(H,16,17,22)/t10-/m0/s1. The van der Waals surface area contributed by atoms with Crippen LogP contribution >= 0.6 is 0 Å². The summed E-state index contributed by atoms with van der Waals surface area (Å²) in [6.07, 6.45) is 4.50. The number of hydrogen-bond donors (Lipinski definition) is 1. The first kappa shape index (κ1) is 13.8. The molecule has 110 valence electrons. The third-order valence-electron chi connectivity index (χ3n) is 3.00. The lowest BCUT2D eigenvalue weighted by atomic mass is 10.2. The topological polar surface area (TPSA) is 98.5 Å². The average molecular weight is 295 g/mol. The summed E-state index contributed by atoms with van der Waals surface area (Å²) >= 11 is 0. The molecule has 0 aliphatic carbocycles. The first-order chi connectivity index (χ1) is 10.7. The van der Waals surface area contributed by atoms with E-state index in [4.69, 9.17) is 0 Å². The predicted octanol–water partition coefficient (Wildman–Crippen LogP) is 1.33. The van der Waals surface area contributed by atoms with E-state index in [1.807, 2.05) is 30.3 Å². The van der Waals surface area contributed by atoms with E-state index in [0.29, 0.717) is 11.6 Å². The molecule has 2 heterocycles. The van der Waals surface area contributed by atoms with E-state index < -0.39 is 6.04 Å². The van der Waals surface area contributed by atoms with Crippen LogP contribution in [0.1, 0.15) is 13.0 Å². The maximum Gasteiger partial charge on any atom is 0.252 e. The van der Waals surface area contributed by atoms with Gasteiger partial charge in [-0.3, -0.25) is 9.78 Å². The highest BCUT2D eigenvalue weighted by Crippen LogP contribution is 2.14. The Bertz CT molecular complexity index is 757. The van der Waals surface area contributed by atoms with Crippen molar-refractivity contribution in [2.75, 3.05) is 5.32 Å². The van der Waals surface area contributed by atoms with Gasteiger partial charge in [0.25, 0.3) is 5.91 Å². The Balaban J connectivity index is 1.74. The number of aromatic nitrogens is 6. The van der Waals surface area contributed by atoms with Crippen LogP contribution in [0, 0.1) is 0 Å². The van der Waals surface area contributed by atoms with Crippen molar-refractivity contribution >= 4 is 11.7 Å². The predicted molar refractivity (Wildman–Crippen MR) is 78.6 cm³/mol. The molecular formula is C14H13N7O. The van der Waals surface area contributed by atoms with E-state index in [2.05, 4.69) is 30.7 Å². The maximum atomic E-state index is 12.2. The van der Waals surface area contributed by atoms with Crippen LogP contribution in [0.3, 0.4) is 0 Å². The third kappa shape index (κ3) is 2.95. The van der Waals surface area contributed by atoms with Crippen molar-refractivity contribution in [1.82, 2.24) is 30.2 Å². The zero-order chi connectivity index (χ0) is 15.4. The monoisotopic (exact) mass is 295 g/mol. The number of tetrazole rings is 1. The Kier molecular flexibility index (Phi) is 3.82. The summed E-state index contributed by atoms with van der Waals surface area (Å²) in [6.45, 7) is 1.68. The molecule has 8 heteroatoms. The molecule has 2 aromatic heterocycles. The molecule has 1 N–H and O–H groups in total. The zero-order valence-electron chi connectivity index (χ0n) is 11.8. The van der Waals surface area contributed by atoms with Crippen LogP contribution in [0.4, 0.5) is 5.82 Å². The van der Waals surface area contributed by atoms with Crippen molar-refractivity contribution in [2.24, 2.45) is 0 Å². The fraction of sp³-hybridized carbons (Fsp3) is 0.143. The molecule has 1 aromatic carbocycles. The van der Waals surface area contributed by atoms with Gasteiger partial charge in [0, 0.05) is 18.0 Å². The normalized spacial score (nSPS) is 11.9. The highest BCUT2D eigenvalue weighted by Gasteiger charge is 2.19. The van der Waals surface area contributed by atoms with E-state index >= 15 is 0 Å². The molecular weight excluding hydrogens is 282 g/mol. The Morgan fingerprint density at radius 3 is 2.77 bits per heavy atom. The number of nitrogens with zero attached hydrogens (tertiary/aromatic N) is 6. The van der Waals surface area contributed by atoms with Crippen molar-refractivity contribution in [3.05, 3.63) is 48.9 Å². The summed E-state index contributed by atoms with van der Waals surface area (Å²) < 4.78 is 0. The first-order valence-electron chi connectivity index (χ1n) is 6.66. The molecule has 0 bridgehead atoms. The lowest BCUT2D eigenvalue weighted by Gasteiger charge is -2.09. The van der Waals surface area contributed by atoms with Crippen molar-refractivity contribution in [3.63, 3.8) is 0 Å². The lowest BCUT2D eigenvalue weighted by molar-refractivity contribution is -0.119. The maximum absolute atomic E-state index is 12.2. The van der Waals surface area contributed by atoms with Crippen LogP contribution in [0.15, 0.2) is 48.9 Å². The van der Waals surface area contributed by atoms with Crippen molar-refractivity contribution in [2.45, 2.75) is 13.0 Å². The number of benzene rings is 1. The van der Waals surface area contributed by atoms with E-state index in [0.717, 1.165) is 5.56 Å². The first-order valence-corrected chi connectivity index (χ1v) is 6.66. The van der Waals surface area contributed by atoms with Crippen LogP contribution < -0.4 is 5.32 Å². The van der Waals surface area contributed by atoms with Gasteiger partial charge < -0.3 is 5.32 Å². The van der Waals surface area contributed by atoms with Crippen molar-refractivity contribution in [1.29, 1.82) is 0 Å². The van der Waals surface area contributed by atoms with Crippen LogP contribution in [0.2, 0.25) is 0 Å². The second-order valence-corrected chi connectivity index (χ2v) is 4.56. The lowest BCUT2D eigenvalue weighted by Crippen LogP contribution is -2.25. The van der Waals surface area contributed by atoms with Crippen LogP contribution in [-0.4, -0.2) is 36.1 Å². The molecule has 3 rings (SSSR count). The fourth-order valence-corrected chi connectivity index (χ4v) is 1.79. The molecule has 8 nitrogen and oxygen atoms in total. The van der Waals surface area contributed by atoms with Gasteiger partial charge in [-0.2, -0.15) is 4.80 Å². The second kappa shape index (κ2) is 6.08. The van der Waals surface area contributed by atoms with E-state index in [1.54, 1.807) is 6.92 Å². The summed E-state index contributed by atoms with van der Waals surface area (Å²) in [6, 6.07) is 8.83. The minimum atomic E-state index is -0.619. The van der Waals surface area contributed by atoms with E-state index in [-0.39, 0.29) is 5.91 Å². The van der Waals surface area contributed by atoms with Gasteiger partial charge in [-0.1, -0.05) is 30.3 Å². The highest BCUT2D eigenvalue weighted by atomic mass is 16.2. The molecule has 22 heavy (non-hydrogen) atoms. The fourth-order valence-electron chi connectivity index (χ4n) is 1.79. The minimum Gasteiger partial charge on any atom is -0.307 e. The van der Waals surface area contributed by atoms with Crippen molar-refractivity contribution in [3.8, 4) is 11.4 Å². The highest BCUT2D eigenvalue weighted by molar-refractivity contribution is 5.92. The molecule has 0 fully saturated rings. The largest absolute Gasteiger partial charge is 0.307 e. The van der Waals surface area contributed by atoms with Gasteiger partial charge in [-0.05, 0) is 12.1 Å². The minimum absolute atomic E-state index is 0.294. The van der Waals surface area contributed by atoms with Gasteiger partial charge in [0.05, 0.1) is 6.20 Å². The molecule has 3 aromatic rings. The third-order valence-corrected chi connectivity index (χ3v) is 3.00. The van der Waals surface area contributed by atoms with Crippen LogP contribution in [0.25, 0.3) is 11.4 Å². The summed E-state index contributed by atoms with van der Waals surface area (Å²) in [4.78, 5) is 21.3. The Hall–Kier alpha value is -3.16. The summed E-state index contributed by atoms with van der Waals surface area (Å²) in [7, 11) is 0. The quantitative estimate of drug-likeness (QED) is 0.779. The molecule has 0 aliphatic rings. The average Bonchev–Trinajstić information content (AvgIpc) is 3.06. The molecule has 0 radical (unpaired) electrons. The molecule has 1 amide bonds. The number of amides is 1. The Labute approximate surface area is 126 Å². The molecule has 0 spiro atoms. The van der Waals surface area contributed by atoms with Crippen molar-refractivity contribution < 1.29 is 4.79 Å². The summed E-state index contributed by atoms with van der Waals surface area (Å²) in [5, 5.41) is 14.8. The van der Waals surface area contributed by atoms with E-state index in [1.165, 1.54) is 23.4 Å². The number of carbonyl (C=O) groups is 1. The van der Waals surface area contributed by atoms with Gasteiger partial charge in [-0.15, -0.1) is 10.2 Å². The van der Waals surface area contributed by atoms with Gasteiger partial charge in [0.1, 0.15) is 6.04 Å². The SMILES string of the molecule is C[C@@H](C(=O)Nc1cnccn1)n1nnc(-c2ccccc2)n1. The number of rotatable bonds is 4. The molecule has 0 aliphatic heterocycles. The zero-order valence-corrected chi connectivity index (χ0v) is 11.8. The van der Waals surface area contributed by atoms with Gasteiger partial charge in [0.15, 0.2) is 5.82 Å². The molecule has 0 unspecified atom stereocenters. The van der Waals surface area contributed by atoms with Crippen LogP contribution in [-0.2, 0) is 4.79 Å². The Morgan fingerprint density at radius 2 is 2.05 bits per heavy atom. The summed E-state index contributed by atoms with van der Waals surface area (Å²) in [5.41, 5.74) is 0.843. The molecule has 1 atom stereocenters. The van der Waals surface area contributed by atoms with Gasteiger partial charge in [-0.25, -0.2) is 4.98 Å². The van der Waals surface area contributed by atoms with E-state index in [9.17, 15) is 4.79 Å². The second-order valence-electron chi connectivity index (χ2n) is 4.56. The molecule has 0 saturated carbocycles.